The van der Waals surface area contributed by atoms with Crippen molar-refractivity contribution in [1.82, 2.24) is 15.1 Å². The first kappa shape index (κ1) is 20.6. The summed E-state index contributed by atoms with van der Waals surface area (Å²) in [5.74, 6) is 1.23. The standard InChI is InChI=1S/C21H31N3O4/c1-23(14-16-6-10-28-11-7-16)20(25)13-19-21(26)22-8-9-24(19)15-17-4-3-5-18(12-17)27-2/h3-5,12,16,19H,6-11,13-15H2,1-2H3,(H,22,26)/t19-/m1/s1. The van der Waals surface area contributed by atoms with E-state index in [4.69, 9.17) is 9.47 Å². The van der Waals surface area contributed by atoms with Crippen LogP contribution in [0.5, 0.6) is 5.75 Å². The lowest BCUT2D eigenvalue weighted by Gasteiger charge is -2.36. The largest absolute Gasteiger partial charge is 0.497 e. The van der Waals surface area contributed by atoms with Gasteiger partial charge in [0.1, 0.15) is 5.75 Å². The summed E-state index contributed by atoms with van der Waals surface area (Å²) in [6.07, 6.45) is 2.18. The van der Waals surface area contributed by atoms with Gasteiger partial charge in [-0.25, -0.2) is 0 Å². The lowest BCUT2D eigenvalue weighted by atomic mass is 9.99. The highest BCUT2D eigenvalue weighted by molar-refractivity contribution is 5.88. The van der Waals surface area contributed by atoms with Crippen molar-refractivity contribution in [3.05, 3.63) is 29.8 Å². The molecule has 1 atom stereocenters. The van der Waals surface area contributed by atoms with Crippen molar-refractivity contribution < 1.29 is 19.1 Å². The van der Waals surface area contributed by atoms with E-state index in [0.29, 0.717) is 19.0 Å². The first-order chi connectivity index (χ1) is 13.6. The van der Waals surface area contributed by atoms with Gasteiger partial charge in [-0.15, -0.1) is 0 Å². The van der Waals surface area contributed by atoms with Gasteiger partial charge in [-0.1, -0.05) is 12.1 Å². The Kier molecular flexibility index (Phi) is 7.28. The minimum Gasteiger partial charge on any atom is -0.497 e. The molecule has 154 valence electrons. The lowest BCUT2D eigenvalue weighted by molar-refractivity contribution is -0.138. The van der Waals surface area contributed by atoms with Crippen LogP contribution in [0.3, 0.4) is 0 Å². The smallest absolute Gasteiger partial charge is 0.237 e. The number of nitrogens with one attached hydrogen (secondary N) is 1. The van der Waals surface area contributed by atoms with Gasteiger partial charge < -0.3 is 19.7 Å². The molecule has 1 aromatic carbocycles. The molecule has 0 bridgehead atoms. The van der Waals surface area contributed by atoms with Crippen LogP contribution in [-0.4, -0.2) is 74.7 Å². The van der Waals surface area contributed by atoms with Gasteiger partial charge in [-0.3, -0.25) is 14.5 Å². The SMILES string of the molecule is COc1cccc(CN2CCNC(=O)[C@H]2CC(=O)N(C)CC2CCOCC2)c1. The molecule has 0 saturated carbocycles. The van der Waals surface area contributed by atoms with Gasteiger partial charge in [-0.2, -0.15) is 0 Å². The van der Waals surface area contributed by atoms with Gasteiger partial charge in [0.25, 0.3) is 0 Å². The Bertz CT molecular complexity index is 675. The fourth-order valence-electron chi connectivity index (χ4n) is 3.92. The molecular weight excluding hydrogens is 358 g/mol. The summed E-state index contributed by atoms with van der Waals surface area (Å²) in [6.45, 7) is 4.22. The van der Waals surface area contributed by atoms with E-state index in [2.05, 4.69) is 10.2 Å². The number of carbonyl (C=O) groups is 2. The quantitative estimate of drug-likeness (QED) is 0.761. The third-order valence-electron chi connectivity index (χ3n) is 5.63. The van der Waals surface area contributed by atoms with Crippen LogP contribution >= 0.6 is 0 Å². The topological polar surface area (TPSA) is 71.1 Å². The summed E-state index contributed by atoms with van der Waals surface area (Å²) < 4.78 is 10.7. The molecule has 0 aromatic heterocycles. The third kappa shape index (κ3) is 5.45. The Morgan fingerprint density at radius 1 is 1.36 bits per heavy atom. The van der Waals surface area contributed by atoms with E-state index in [1.807, 2.05) is 31.3 Å². The van der Waals surface area contributed by atoms with Crippen molar-refractivity contribution in [2.45, 2.75) is 31.8 Å². The first-order valence-corrected chi connectivity index (χ1v) is 10.0. The monoisotopic (exact) mass is 389 g/mol. The highest BCUT2D eigenvalue weighted by atomic mass is 16.5. The summed E-state index contributed by atoms with van der Waals surface area (Å²) >= 11 is 0. The van der Waals surface area contributed by atoms with Crippen molar-refractivity contribution >= 4 is 11.8 Å². The molecule has 2 fully saturated rings. The van der Waals surface area contributed by atoms with E-state index >= 15 is 0 Å². The van der Waals surface area contributed by atoms with Crippen LogP contribution in [0, 0.1) is 5.92 Å². The molecule has 0 spiro atoms. The van der Waals surface area contributed by atoms with E-state index in [0.717, 1.165) is 50.5 Å². The van der Waals surface area contributed by atoms with E-state index in [9.17, 15) is 9.59 Å². The van der Waals surface area contributed by atoms with Crippen molar-refractivity contribution in [3.63, 3.8) is 0 Å². The van der Waals surface area contributed by atoms with Crippen molar-refractivity contribution in [2.75, 3.05) is 47.0 Å². The van der Waals surface area contributed by atoms with Gasteiger partial charge in [0.2, 0.25) is 11.8 Å². The summed E-state index contributed by atoms with van der Waals surface area (Å²) in [5, 5.41) is 2.90. The molecule has 1 aromatic rings. The van der Waals surface area contributed by atoms with Crippen LogP contribution in [0.1, 0.15) is 24.8 Å². The summed E-state index contributed by atoms with van der Waals surface area (Å²) in [5.41, 5.74) is 1.07. The number of hydrogen-bond acceptors (Lipinski definition) is 5. The molecule has 2 amide bonds. The lowest BCUT2D eigenvalue weighted by Crippen LogP contribution is -2.56. The van der Waals surface area contributed by atoms with Crippen LogP contribution in [0.4, 0.5) is 0 Å². The number of amides is 2. The predicted octanol–water partition coefficient (Wildman–Crippen LogP) is 1.27. The summed E-state index contributed by atoms with van der Waals surface area (Å²) in [7, 11) is 3.48. The normalized spacial score (nSPS) is 21.2. The van der Waals surface area contributed by atoms with E-state index < -0.39 is 6.04 Å². The number of piperazine rings is 1. The Hall–Kier alpha value is -2.12. The van der Waals surface area contributed by atoms with Gasteiger partial charge in [0.15, 0.2) is 0 Å². The average Bonchev–Trinajstić information content (AvgIpc) is 2.71. The molecule has 7 nitrogen and oxygen atoms in total. The first-order valence-electron chi connectivity index (χ1n) is 10.0. The molecule has 28 heavy (non-hydrogen) atoms. The Morgan fingerprint density at radius 2 is 2.14 bits per heavy atom. The molecular formula is C21H31N3O4. The highest BCUT2D eigenvalue weighted by Crippen LogP contribution is 2.20. The maximum Gasteiger partial charge on any atom is 0.237 e. The minimum atomic E-state index is -0.440. The van der Waals surface area contributed by atoms with Gasteiger partial charge >= 0.3 is 0 Å². The number of methoxy groups -OCH3 is 1. The summed E-state index contributed by atoms with van der Waals surface area (Å²) in [4.78, 5) is 29.2. The molecule has 1 N–H and O–H groups in total. The number of hydrogen-bond donors (Lipinski definition) is 1. The Morgan fingerprint density at radius 3 is 2.89 bits per heavy atom. The maximum absolute atomic E-state index is 12.8. The minimum absolute atomic E-state index is 0.0178. The third-order valence-corrected chi connectivity index (χ3v) is 5.63. The predicted molar refractivity (Wildman–Crippen MR) is 106 cm³/mol. The van der Waals surface area contributed by atoms with Gasteiger partial charge in [-0.05, 0) is 36.5 Å². The van der Waals surface area contributed by atoms with Gasteiger partial charge in [0, 0.05) is 46.4 Å². The van der Waals surface area contributed by atoms with Crippen molar-refractivity contribution in [1.29, 1.82) is 0 Å². The molecule has 2 aliphatic rings. The zero-order valence-corrected chi connectivity index (χ0v) is 16.9. The molecule has 3 rings (SSSR count). The fourth-order valence-corrected chi connectivity index (χ4v) is 3.92. The molecule has 2 saturated heterocycles. The molecule has 7 heteroatoms. The second-order valence-electron chi connectivity index (χ2n) is 7.66. The molecule has 2 heterocycles. The van der Waals surface area contributed by atoms with Crippen LogP contribution in [-0.2, 0) is 20.9 Å². The van der Waals surface area contributed by atoms with Crippen LogP contribution < -0.4 is 10.1 Å². The molecule has 0 unspecified atom stereocenters. The highest BCUT2D eigenvalue weighted by Gasteiger charge is 2.32. The summed E-state index contributed by atoms with van der Waals surface area (Å²) in [6, 6.07) is 7.40. The number of ether oxygens (including phenoxy) is 2. The second-order valence-corrected chi connectivity index (χ2v) is 7.66. The van der Waals surface area contributed by atoms with E-state index in [1.165, 1.54) is 0 Å². The van der Waals surface area contributed by atoms with E-state index in [1.54, 1.807) is 12.0 Å². The number of nitrogens with zero attached hydrogens (tertiary/aromatic N) is 2. The van der Waals surface area contributed by atoms with E-state index in [-0.39, 0.29) is 18.2 Å². The number of carbonyl (C=O) groups excluding carboxylic acids is 2. The average molecular weight is 389 g/mol. The number of rotatable bonds is 7. The van der Waals surface area contributed by atoms with Crippen LogP contribution in [0.2, 0.25) is 0 Å². The zero-order chi connectivity index (χ0) is 19.9. The molecule has 2 aliphatic heterocycles. The zero-order valence-electron chi connectivity index (χ0n) is 16.9. The van der Waals surface area contributed by atoms with Crippen LogP contribution in [0.25, 0.3) is 0 Å². The molecule has 0 aliphatic carbocycles. The van der Waals surface area contributed by atoms with Crippen molar-refractivity contribution in [3.8, 4) is 5.75 Å². The Labute approximate surface area is 167 Å². The van der Waals surface area contributed by atoms with Gasteiger partial charge in [0.05, 0.1) is 19.6 Å². The maximum atomic E-state index is 12.8. The Balaban J connectivity index is 1.61. The molecule has 0 radical (unpaired) electrons. The fraction of sp³-hybridized carbons (Fsp3) is 0.619. The van der Waals surface area contributed by atoms with Crippen molar-refractivity contribution in [2.24, 2.45) is 5.92 Å². The second kappa shape index (κ2) is 9.89. The number of benzene rings is 1. The van der Waals surface area contributed by atoms with Crippen LogP contribution in [0.15, 0.2) is 24.3 Å².